The lowest BCUT2D eigenvalue weighted by atomic mass is 10.1. The van der Waals surface area contributed by atoms with Crippen molar-refractivity contribution in [2.24, 2.45) is 0 Å². The minimum absolute atomic E-state index is 0.262. The maximum atomic E-state index is 11.2. The molecule has 0 aliphatic heterocycles. The lowest BCUT2D eigenvalue weighted by molar-refractivity contribution is 0.587. The Morgan fingerprint density at radius 1 is 0.696 bits per heavy atom. The van der Waals surface area contributed by atoms with E-state index >= 15 is 0 Å². The molecule has 0 aliphatic carbocycles. The Bertz CT molecular complexity index is 382. The second-order valence-electron chi connectivity index (χ2n) is 6.47. The lowest BCUT2D eigenvalue weighted by Crippen LogP contribution is -2.01. The van der Waals surface area contributed by atoms with Crippen LogP contribution < -0.4 is 0 Å². The standard InChI is InChI=1S/C20H38O2S/c1-3-5-6-7-8-9-10-11-12-13-14-15-16-17-18-19-20-23(21,22)4-2/h4,11-12H,2-3,5-10,13-20H2,1H3/b12-11+. The summed E-state index contributed by atoms with van der Waals surface area (Å²) in [5.41, 5.74) is 0. The Kier molecular flexibility index (Phi) is 15.9. The molecule has 0 aromatic carbocycles. The van der Waals surface area contributed by atoms with Crippen LogP contribution in [0.5, 0.6) is 0 Å². The molecule has 0 bridgehead atoms. The van der Waals surface area contributed by atoms with E-state index in [0.29, 0.717) is 0 Å². The van der Waals surface area contributed by atoms with Crippen molar-refractivity contribution in [2.45, 2.75) is 96.8 Å². The van der Waals surface area contributed by atoms with Gasteiger partial charge in [0.2, 0.25) is 0 Å². The van der Waals surface area contributed by atoms with Gasteiger partial charge >= 0.3 is 0 Å². The third-order valence-electron chi connectivity index (χ3n) is 4.19. The van der Waals surface area contributed by atoms with Gasteiger partial charge in [-0.05, 0) is 32.1 Å². The average Bonchev–Trinajstić information content (AvgIpc) is 2.54. The molecule has 0 unspecified atom stereocenters. The summed E-state index contributed by atoms with van der Waals surface area (Å²) in [5, 5.41) is 1.07. The van der Waals surface area contributed by atoms with Crippen LogP contribution >= 0.6 is 0 Å². The summed E-state index contributed by atoms with van der Waals surface area (Å²) in [7, 11) is -2.98. The normalized spacial score (nSPS) is 12.0. The fourth-order valence-electron chi connectivity index (χ4n) is 2.63. The molecular formula is C20H38O2S. The van der Waals surface area contributed by atoms with Crippen LogP contribution in [0.25, 0.3) is 0 Å². The molecule has 0 heterocycles. The number of rotatable bonds is 17. The second-order valence-corrected chi connectivity index (χ2v) is 8.54. The first-order chi connectivity index (χ1) is 11.1. The fraction of sp³-hybridized carbons (Fsp3) is 0.800. The molecule has 0 amide bonds. The van der Waals surface area contributed by atoms with Crippen LogP contribution in [-0.4, -0.2) is 14.2 Å². The van der Waals surface area contributed by atoms with E-state index in [0.717, 1.165) is 24.7 Å². The zero-order chi connectivity index (χ0) is 17.2. The molecule has 0 fully saturated rings. The zero-order valence-corrected chi connectivity index (χ0v) is 16.1. The summed E-state index contributed by atoms with van der Waals surface area (Å²) in [4.78, 5) is 0. The Hall–Kier alpha value is -0.570. The van der Waals surface area contributed by atoms with Crippen LogP contribution in [0, 0.1) is 0 Å². The molecule has 2 nitrogen and oxygen atoms in total. The van der Waals surface area contributed by atoms with Crippen molar-refractivity contribution in [1.82, 2.24) is 0 Å². The van der Waals surface area contributed by atoms with Crippen LogP contribution in [0.15, 0.2) is 24.1 Å². The molecule has 0 aromatic heterocycles. The molecule has 0 aromatic rings. The van der Waals surface area contributed by atoms with Crippen molar-refractivity contribution in [1.29, 1.82) is 0 Å². The smallest absolute Gasteiger partial charge is 0.171 e. The van der Waals surface area contributed by atoms with Crippen LogP contribution in [-0.2, 0) is 9.84 Å². The monoisotopic (exact) mass is 342 g/mol. The highest BCUT2D eigenvalue weighted by atomic mass is 32.2. The minimum atomic E-state index is -2.98. The summed E-state index contributed by atoms with van der Waals surface area (Å²) in [5.74, 6) is 0.262. The van der Waals surface area contributed by atoms with Crippen LogP contribution in [0.1, 0.15) is 96.8 Å². The summed E-state index contributed by atoms with van der Waals surface area (Å²) in [6.07, 6.45) is 22.0. The van der Waals surface area contributed by atoms with Gasteiger partial charge in [-0.25, -0.2) is 8.42 Å². The van der Waals surface area contributed by atoms with Crippen molar-refractivity contribution >= 4 is 9.84 Å². The van der Waals surface area contributed by atoms with Crippen molar-refractivity contribution in [3.63, 3.8) is 0 Å². The highest BCUT2D eigenvalue weighted by Crippen LogP contribution is 2.10. The van der Waals surface area contributed by atoms with Crippen molar-refractivity contribution in [3.8, 4) is 0 Å². The van der Waals surface area contributed by atoms with Gasteiger partial charge in [-0.3, -0.25) is 0 Å². The molecule has 0 spiro atoms. The quantitative estimate of drug-likeness (QED) is 0.221. The van der Waals surface area contributed by atoms with Gasteiger partial charge in [0.15, 0.2) is 9.84 Å². The van der Waals surface area contributed by atoms with Crippen LogP contribution in [0.3, 0.4) is 0 Å². The highest BCUT2D eigenvalue weighted by molar-refractivity contribution is 7.94. The molecule has 3 heteroatoms. The molecule has 0 atom stereocenters. The molecule has 0 aliphatic rings. The Morgan fingerprint density at radius 2 is 1.13 bits per heavy atom. The predicted octanol–water partition coefficient (Wildman–Crippen LogP) is 6.58. The van der Waals surface area contributed by atoms with E-state index in [2.05, 4.69) is 25.7 Å². The highest BCUT2D eigenvalue weighted by Gasteiger charge is 2.03. The van der Waals surface area contributed by atoms with Gasteiger partial charge in [-0.15, -0.1) is 0 Å². The number of hydrogen-bond acceptors (Lipinski definition) is 2. The molecular weight excluding hydrogens is 304 g/mol. The lowest BCUT2D eigenvalue weighted by Gasteiger charge is -2.01. The van der Waals surface area contributed by atoms with E-state index in [1.807, 2.05) is 0 Å². The number of hydrogen-bond donors (Lipinski definition) is 0. The maximum Gasteiger partial charge on any atom is 0.171 e. The van der Waals surface area contributed by atoms with Crippen LogP contribution in [0.2, 0.25) is 0 Å². The molecule has 0 N–H and O–H groups in total. The molecule has 0 saturated heterocycles. The van der Waals surface area contributed by atoms with E-state index < -0.39 is 9.84 Å². The first-order valence-electron chi connectivity index (χ1n) is 9.62. The number of unbranched alkanes of at least 4 members (excludes halogenated alkanes) is 12. The third-order valence-corrected chi connectivity index (χ3v) is 5.56. The van der Waals surface area contributed by atoms with Gasteiger partial charge in [-0.1, -0.05) is 83.4 Å². The van der Waals surface area contributed by atoms with E-state index in [4.69, 9.17) is 0 Å². The average molecular weight is 343 g/mol. The molecule has 0 radical (unpaired) electrons. The van der Waals surface area contributed by atoms with Gasteiger partial charge in [0.05, 0.1) is 5.75 Å². The number of sulfone groups is 1. The topological polar surface area (TPSA) is 34.1 Å². The maximum absolute atomic E-state index is 11.2. The van der Waals surface area contributed by atoms with Gasteiger partial charge in [0.25, 0.3) is 0 Å². The van der Waals surface area contributed by atoms with Gasteiger partial charge in [-0.2, -0.15) is 0 Å². The van der Waals surface area contributed by atoms with E-state index in [9.17, 15) is 8.42 Å². The van der Waals surface area contributed by atoms with E-state index in [1.165, 1.54) is 70.6 Å². The Labute approximate surface area is 145 Å². The van der Waals surface area contributed by atoms with Gasteiger partial charge in [0, 0.05) is 5.41 Å². The van der Waals surface area contributed by atoms with Gasteiger partial charge in [0.1, 0.15) is 0 Å². The second kappa shape index (κ2) is 16.3. The van der Waals surface area contributed by atoms with E-state index in [1.54, 1.807) is 0 Å². The third kappa shape index (κ3) is 17.6. The molecule has 0 rings (SSSR count). The van der Waals surface area contributed by atoms with Crippen molar-refractivity contribution < 1.29 is 8.42 Å². The summed E-state index contributed by atoms with van der Waals surface area (Å²) < 4.78 is 22.4. The van der Waals surface area contributed by atoms with Crippen molar-refractivity contribution in [3.05, 3.63) is 24.1 Å². The summed E-state index contributed by atoms with van der Waals surface area (Å²) in [6, 6.07) is 0. The summed E-state index contributed by atoms with van der Waals surface area (Å²) in [6.45, 7) is 5.59. The van der Waals surface area contributed by atoms with Crippen LogP contribution in [0.4, 0.5) is 0 Å². The van der Waals surface area contributed by atoms with E-state index in [-0.39, 0.29) is 5.75 Å². The molecule has 23 heavy (non-hydrogen) atoms. The summed E-state index contributed by atoms with van der Waals surface area (Å²) >= 11 is 0. The largest absolute Gasteiger partial charge is 0.224 e. The fourth-order valence-corrected chi connectivity index (χ4v) is 3.41. The zero-order valence-electron chi connectivity index (χ0n) is 15.3. The Balaban J connectivity index is 3.21. The minimum Gasteiger partial charge on any atom is -0.224 e. The first kappa shape index (κ1) is 22.4. The molecule has 0 saturated carbocycles. The van der Waals surface area contributed by atoms with Gasteiger partial charge < -0.3 is 0 Å². The Morgan fingerprint density at radius 3 is 1.61 bits per heavy atom. The first-order valence-corrected chi connectivity index (χ1v) is 11.3. The molecule has 136 valence electrons. The SMILES string of the molecule is C=CS(=O)(=O)CCCCCCCC/C=C/CCCCCCCC. The number of allylic oxidation sites excluding steroid dienone is 2. The van der Waals surface area contributed by atoms with Crippen molar-refractivity contribution in [2.75, 3.05) is 5.75 Å². The predicted molar refractivity (Wildman–Crippen MR) is 103 cm³/mol.